The molecule has 0 N–H and O–H groups in total. The molecular formula is C18H16N2O4. The van der Waals surface area contributed by atoms with Crippen LogP contribution in [-0.4, -0.2) is 22.8 Å². The Hall–Kier alpha value is -3.15. The van der Waals surface area contributed by atoms with E-state index in [1.807, 2.05) is 30.3 Å². The van der Waals surface area contributed by atoms with E-state index in [4.69, 9.17) is 9.47 Å². The number of hydrogen-bond acceptors (Lipinski definition) is 5. The second-order valence-electron chi connectivity index (χ2n) is 5.24. The molecule has 1 aliphatic heterocycles. The predicted octanol–water partition coefficient (Wildman–Crippen LogP) is 2.85. The monoisotopic (exact) mass is 324 g/mol. The van der Waals surface area contributed by atoms with Crippen molar-refractivity contribution in [3.05, 3.63) is 65.7 Å². The first-order valence-corrected chi connectivity index (χ1v) is 7.44. The smallest absolute Gasteiger partial charge is 0.308 e. The zero-order valence-electron chi connectivity index (χ0n) is 13.3. The van der Waals surface area contributed by atoms with E-state index in [9.17, 15) is 9.59 Å². The van der Waals surface area contributed by atoms with Gasteiger partial charge in [0.25, 0.3) is 0 Å². The molecule has 2 aromatic rings. The molecule has 1 heterocycles. The third-order valence-electron chi connectivity index (χ3n) is 3.43. The highest BCUT2D eigenvalue weighted by atomic mass is 16.5. The summed E-state index contributed by atoms with van der Waals surface area (Å²) in [4.78, 5) is 23.3. The number of nitrogens with zero attached hydrogens (tertiary/aromatic N) is 2. The largest absolute Gasteiger partial charge is 0.446 e. The minimum absolute atomic E-state index is 0.274. The first-order chi connectivity index (χ1) is 11.6. The van der Waals surface area contributed by atoms with E-state index < -0.39 is 12.2 Å². The molecule has 3 rings (SSSR count). The second kappa shape index (κ2) is 6.54. The Morgan fingerprint density at radius 2 is 1.71 bits per heavy atom. The van der Waals surface area contributed by atoms with Gasteiger partial charge in [-0.1, -0.05) is 30.3 Å². The molecule has 6 heteroatoms. The van der Waals surface area contributed by atoms with Gasteiger partial charge in [-0.05, 0) is 24.3 Å². The first-order valence-electron chi connectivity index (χ1n) is 7.44. The molecule has 0 unspecified atom stereocenters. The quantitative estimate of drug-likeness (QED) is 0.643. The zero-order chi connectivity index (χ0) is 17.1. The Balaban J connectivity index is 1.97. The van der Waals surface area contributed by atoms with E-state index in [-0.39, 0.29) is 5.91 Å². The highest BCUT2D eigenvalue weighted by molar-refractivity contribution is 5.96. The van der Waals surface area contributed by atoms with Crippen LogP contribution in [0.1, 0.15) is 31.2 Å². The summed E-state index contributed by atoms with van der Waals surface area (Å²) in [6, 6.07) is 16.2. The topological polar surface area (TPSA) is 68.2 Å². The minimum Gasteiger partial charge on any atom is -0.446 e. The maximum atomic E-state index is 12.0. The fraction of sp³-hybridized carbons (Fsp3) is 0.167. The Bertz CT molecular complexity index is 802. The third kappa shape index (κ3) is 3.12. The molecule has 1 amide bonds. The SMILES string of the molecule is CC(=O)Oc1ccccc1[C@@H]1OC(c2ccccc2)=NN1C(C)=O. The van der Waals surface area contributed by atoms with Gasteiger partial charge in [-0.15, -0.1) is 5.10 Å². The molecule has 0 aromatic heterocycles. The van der Waals surface area contributed by atoms with Gasteiger partial charge in [0.05, 0.1) is 5.56 Å². The number of para-hydroxylation sites is 1. The number of ether oxygens (including phenoxy) is 2. The van der Waals surface area contributed by atoms with Crippen molar-refractivity contribution in [1.29, 1.82) is 0 Å². The molecule has 2 aromatic carbocycles. The van der Waals surface area contributed by atoms with E-state index in [2.05, 4.69) is 5.10 Å². The molecule has 1 aliphatic rings. The number of hydrazone groups is 1. The summed E-state index contributed by atoms with van der Waals surface area (Å²) >= 11 is 0. The van der Waals surface area contributed by atoms with Crippen LogP contribution in [0.4, 0.5) is 0 Å². The van der Waals surface area contributed by atoms with Crippen LogP contribution in [0.3, 0.4) is 0 Å². The summed E-state index contributed by atoms with van der Waals surface area (Å²) in [7, 11) is 0. The van der Waals surface area contributed by atoms with Crippen molar-refractivity contribution in [2.45, 2.75) is 20.1 Å². The van der Waals surface area contributed by atoms with E-state index in [0.29, 0.717) is 17.2 Å². The number of carbonyl (C=O) groups is 2. The van der Waals surface area contributed by atoms with Crippen LogP contribution in [0.5, 0.6) is 5.75 Å². The lowest BCUT2D eigenvalue weighted by molar-refractivity contribution is -0.135. The predicted molar refractivity (Wildman–Crippen MR) is 87.1 cm³/mol. The lowest BCUT2D eigenvalue weighted by Gasteiger charge is -2.21. The molecule has 0 saturated carbocycles. The summed E-state index contributed by atoms with van der Waals surface area (Å²) in [5.41, 5.74) is 1.31. The molecule has 0 radical (unpaired) electrons. The lowest BCUT2D eigenvalue weighted by Crippen LogP contribution is -2.26. The van der Waals surface area contributed by atoms with Crippen LogP contribution in [0.2, 0.25) is 0 Å². The van der Waals surface area contributed by atoms with Crippen LogP contribution in [0, 0.1) is 0 Å². The van der Waals surface area contributed by atoms with Gasteiger partial charge in [0.15, 0.2) is 0 Å². The van der Waals surface area contributed by atoms with Crippen molar-refractivity contribution in [2.24, 2.45) is 5.10 Å². The summed E-state index contributed by atoms with van der Waals surface area (Å²) in [5, 5.41) is 5.51. The van der Waals surface area contributed by atoms with Crippen LogP contribution >= 0.6 is 0 Å². The Morgan fingerprint density at radius 1 is 1.04 bits per heavy atom. The number of rotatable bonds is 3. The molecule has 6 nitrogen and oxygen atoms in total. The average Bonchev–Trinajstić information content (AvgIpc) is 3.01. The maximum absolute atomic E-state index is 12.0. The summed E-state index contributed by atoms with van der Waals surface area (Å²) in [6.45, 7) is 2.73. The van der Waals surface area contributed by atoms with E-state index in [1.54, 1.807) is 24.3 Å². The number of hydrogen-bond donors (Lipinski definition) is 0. The first kappa shape index (κ1) is 15.7. The normalized spacial score (nSPS) is 16.3. The van der Waals surface area contributed by atoms with Crippen LogP contribution < -0.4 is 4.74 Å². The molecule has 0 aliphatic carbocycles. The lowest BCUT2D eigenvalue weighted by atomic mass is 10.1. The van der Waals surface area contributed by atoms with E-state index in [1.165, 1.54) is 18.9 Å². The van der Waals surface area contributed by atoms with Gasteiger partial charge in [-0.2, -0.15) is 5.01 Å². The van der Waals surface area contributed by atoms with Crippen LogP contribution in [0.15, 0.2) is 59.7 Å². The fourth-order valence-corrected chi connectivity index (χ4v) is 2.40. The molecule has 0 saturated heterocycles. The summed E-state index contributed by atoms with van der Waals surface area (Å²) in [6.07, 6.45) is -0.784. The Kier molecular flexibility index (Phi) is 4.29. The van der Waals surface area contributed by atoms with Gasteiger partial charge in [0.1, 0.15) is 5.75 Å². The standard InChI is InChI=1S/C18H16N2O4/c1-12(21)20-18(15-10-6-7-11-16(15)23-13(2)22)24-17(19-20)14-8-4-3-5-9-14/h3-11,18H,1-2H3/t18-/m0/s1. The van der Waals surface area contributed by atoms with Crippen molar-refractivity contribution < 1.29 is 19.1 Å². The molecule has 122 valence electrons. The molecule has 0 spiro atoms. The number of carbonyl (C=O) groups excluding carboxylic acids is 2. The van der Waals surface area contributed by atoms with Crippen molar-refractivity contribution in [1.82, 2.24) is 5.01 Å². The van der Waals surface area contributed by atoms with Crippen molar-refractivity contribution >= 4 is 17.8 Å². The highest BCUT2D eigenvalue weighted by Crippen LogP contribution is 2.35. The summed E-state index contributed by atoms with van der Waals surface area (Å²) in [5.74, 6) is -0.0400. The van der Waals surface area contributed by atoms with Crippen LogP contribution in [-0.2, 0) is 14.3 Å². The van der Waals surface area contributed by atoms with Crippen molar-refractivity contribution in [3.8, 4) is 5.75 Å². The van der Waals surface area contributed by atoms with Gasteiger partial charge in [0.2, 0.25) is 18.0 Å². The number of esters is 1. The van der Waals surface area contributed by atoms with E-state index in [0.717, 1.165) is 5.56 Å². The molecular weight excluding hydrogens is 308 g/mol. The zero-order valence-corrected chi connectivity index (χ0v) is 13.3. The number of amides is 1. The molecule has 0 bridgehead atoms. The van der Waals surface area contributed by atoms with Gasteiger partial charge in [-0.25, -0.2) is 0 Å². The van der Waals surface area contributed by atoms with E-state index >= 15 is 0 Å². The van der Waals surface area contributed by atoms with Crippen molar-refractivity contribution in [2.75, 3.05) is 0 Å². The van der Waals surface area contributed by atoms with Crippen LogP contribution in [0.25, 0.3) is 0 Å². The van der Waals surface area contributed by atoms with Gasteiger partial charge in [-0.3, -0.25) is 9.59 Å². The fourth-order valence-electron chi connectivity index (χ4n) is 2.40. The second-order valence-corrected chi connectivity index (χ2v) is 5.24. The average molecular weight is 324 g/mol. The van der Waals surface area contributed by atoms with Gasteiger partial charge >= 0.3 is 5.97 Å². The number of benzene rings is 2. The Labute approximate surface area is 139 Å². The summed E-state index contributed by atoms with van der Waals surface area (Å²) < 4.78 is 11.1. The third-order valence-corrected chi connectivity index (χ3v) is 3.43. The van der Waals surface area contributed by atoms with Gasteiger partial charge < -0.3 is 9.47 Å². The van der Waals surface area contributed by atoms with Gasteiger partial charge in [0, 0.05) is 19.4 Å². The minimum atomic E-state index is -0.784. The molecule has 0 fully saturated rings. The highest BCUT2D eigenvalue weighted by Gasteiger charge is 2.35. The molecule has 1 atom stereocenters. The maximum Gasteiger partial charge on any atom is 0.308 e. The molecule has 24 heavy (non-hydrogen) atoms. The van der Waals surface area contributed by atoms with Crippen molar-refractivity contribution in [3.63, 3.8) is 0 Å². The Morgan fingerprint density at radius 3 is 2.38 bits per heavy atom.